The molecule has 0 aliphatic carbocycles. The van der Waals surface area contributed by atoms with Crippen molar-refractivity contribution in [3.05, 3.63) is 47.7 Å². The number of likely N-dealkylation sites (tertiary alicyclic amines) is 1. The van der Waals surface area contributed by atoms with E-state index in [9.17, 15) is 18.0 Å². The maximum Gasteiger partial charge on any atom is 0.417 e. The standard InChI is InChI=1S/C26H31F3N6O2.CH4/c1-37-24-5-4-22(18-31-24)34-14-12-33(13-15-34)9-8-25(36)35-10-6-20(7-11-35)32-21-3-2-19(17-30)23(16-21)26(27,28)29;/h2-5,16,18,20,32H,6-15H2,1H3;1H4. The van der Waals surface area contributed by atoms with E-state index in [1.807, 2.05) is 23.2 Å². The highest BCUT2D eigenvalue weighted by molar-refractivity contribution is 5.76. The summed E-state index contributed by atoms with van der Waals surface area (Å²) in [5.41, 5.74) is 0.0658. The number of hydrogen-bond donors (Lipinski definition) is 1. The molecule has 0 saturated carbocycles. The van der Waals surface area contributed by atoms with E-state index in [1.165, 1.54) is 12.1 Å². The number of alkyl halides is 3. The molecule has 1 N–H and O–H groups in total. The lowest BCUT2D eigenvalue weighted by Crippen LogP contribution is -2.48. The second kappa shape index (κ2) is 12.8. The average molecular weight is 533 g/mol. The molecule has 2 saturated heterocycles. The number of anilines is 2. The van der Waals surface area contributed by atoms with Crippen molar-refractivity contribution in [2.45, 2.75) is 38.9 Å². The molecule has 38 heavy (non-hydrogen) atoms. The van der Waals surface area contributed by atoms with Gasteiger partial charge in [-0.1, -0.05) is 7.43 Å². The zero-order chi connectivity index (χ0) is 26.4. The molecule has 206 valence electrons. The van der Waals surface area contributed by atoms with Crippen LogP contribution >= 0.6 is 0 Å². The number of carbonyl (C=O) groups is 1. The van der Waals surface area contributed by atoms with Crippen LogP contribution in [0.2, 0.25) is 0 Å². The summed E-state index contributed by atoms with van der Waals surface area (Å²) in [5, 5.41) is 12.1. The molecule has 0 bridgehead atoms. The quantitative estimate of drug-likeness (QED) is 0.571. The number of piperazine rings is 1. The van der Waals surface area contributed by atoms with Crippen LogP contribution in [0.1, 0.15) is 37.8 Å². The monoisotopic (exact) mass is 532 g/mol. The molecule has 2 aliphatic heterocycles. The van der Waals surface area contributed by atoms with Crippen molar-refractivity contribution in [3.63, 3.8) is 0 Å². The number of benzene rings is 1. The molecule has 1 amide bonds. The third-order valence-corrected chi connectivity index (χ3v) is 6.97. The number of nitrogens with zero attached hydrogens (tertiary/aromatic N) is 5. The Morgan fingerprint density at radius 2 is 1.84 bits per heavy atom. The van der Waals surface area contributed by atoms with Gasteiger partial charge in [0.15, 0.2) is 0 Å². The first-order valence-corrected chi connectivity index (χ1v) is 12.4. The average Bonchev–Trinajstić information content (AvgIpc) is 2.92. The molecule has 4 rings (SSSR count). The van der Waals surface area contributed by atoms with Crippen LogP contribution in [-0.2, 0) is 11.0 Å². The van der Waals surface area contributed by atoms with Crippen LogP contribution in [0.5, 0.6) is 5.88 Å². The van der Waals surface area contributed by atoms with Gasteiger partial charge in [-0.2, -0.15) is 18.4 Å². The molecular formula is C27H35F3N6O2. The smallest absolute Gasteiger partial charge is 0.417 e. The lowest BCUT2D eigenvalue weighted by molar-refractivity contribution is -0.137. The molecule has 11 heteroatoms. The van der Waals surface area contributed by atoms with Gasteiger partial charge in [0.25, 0.3) is 0 Å². The fourth-order valence-corrected chi connectivity index (χ4v) is 4.80. The summed E-state index contributed by atoms with van der Waals surface area (Å²) in [7, 11) is 1.59. The van der Waals surface area contributed by atoms with Gasteiger partial charge >= 0.3 is 6.18 Å². The minimum absolute atomic E-state index is 0. The van der Waals surface area contributed by atoms with Crippen LogP contribution < -0.4 is 15.0 Å². The van der Waals surface area contributed by atoms with E-state index in [0.717, 1.165) is 37.9 Å². The zero-order valence-corrected chi connectivity index (χ0v) is 20.8. The summed E-state index contributed by atoms with van der Waals surface area (Å²) in [6, 6.07) is 9.09. The highest BCUT2D eigenvalue weighted by Crippen LogP contribution is 2.34. The van der Waals surface area contributed by atoms with Crippen molar-refractivity contribution in [1.29, 1.82) is 5.26 Å². The number of hydrogen-bond acceptors (Lipinski definition) is 7. The maximum absolute atomic E-state index is 13.2. The highest BCUT2D eigenvalue weighted by Gasteiger charge is 2.34. The third kappa shape index (κ3) is 7.28. The summed E-state index contributed by atoms with van der Waals surface area (Å²) in [5.74, 6) is 0.698. The predicted octanol–water partition coefficient (Wildman–Crippen LogP) is 4.23. The zero-order valence-electron chi connectivity index (χ0n) is 20.8. The van der Waals surface area contributed by atoms with Crippen LogP contribution in [-0.4, -0.2) is 79.7 Å². The van der Waals surface area contributed by atoms with E-state index in [0.29, 0.717) is 50.5 Å². The maximum atomic E-state index is 13.2. The predicted molar refractivity (Wildman–Crippen MR) is 140 cm³/mol. The molecule has 0 unspecified atom stereocenters. The first kappa shape index (κ1) is 29.0. The molecule has 8 nitrogen and oxygen atoms in total. The van der Waals surface area contributed by atoms with Crippen LogP contribution in [0.4, 0.5) is 24.5 Å². The van der Waals surface area contributed by atoms with Gasteiger partial charge < -0.3 is 19.9 Å². The third-order valence-electron chi connectivity index (χ3n) is 6.97. The number of amides is 1. The largest absolute Gasteiger partial charge is 0.481 e. The van der Waals surface area contributed by atoms with Crippen LogP contribution in [0.25, 0.3) is 0 Å². The molecule has 0 radical (unpaired) electrons. The summed E-state index contributed by atoms with van der Waals surface area (Å²) in [6.45, 7) is 5.31. The molecule has 1 aromatic carbocycles. The number of methoxy groups -OCH3 is 1. The molecule has 3 heterocycles. The lowest BCUT2D eigenvalue weighted by atomic mass is 10.0. The number of rotatable bonds is 7. The van der Waals surface area contributed by atoms with E-state index >= 15 is 0 Å². The van der Waals surface area contributed by atoms with E-state index in [2.05, 4.69) is 20.1 Å². The number of nitriles is 1. The van der Waals surface area contributed by atoms with Crippen LogP contribution in [0.3, 0.4) is 0 Å². The number of pyridine rings is 1. The summed E-state index contributed by atoms with van der Waals surface area (Å²) in [6.07, 6.45) is -1.01. The number of aromatic nitrogens is 1. The van der Waals surface area contributed by atoms with Crippen molar-refractivity contribution >= 4 is 17.3 Å². The van der Waals surface area contributed by atoms with Crippen LogP contribution in [0.15, 0.2) is 36.5 Å². The minimum atomic E-state index is -4.59. The van der Waals surface area contributed by atoms with Crippen LogP contribution in [0, 0.1) is 11.3 Å². The Bertz CT molecular complexity index is 1100. The normalized spacial score (nSPS) is 16.9. The number of piperidine rings is 1. The SMILES string of the molecule is C.COc1ccc(N2CCN(CCC(=O)N3CCC(Nc4ccc(C#N)c(C(F)(F)F)c4)CC3)CC2)cn1. The van der Waals surface area contributed by atoms with Crippen molar-refractivity contribution in [2.75, 3.05) is 63.1 Å². The summed E-state index contributed by atoms with van der Waals surface area (Å²) in [4.78, 5) is 23.4. The molecule has 0 spiro atoms. The second-order valence-electron chi connectivity index (χ2n) is 9.31. The second-order valence-corrected chi connectivity index (χ2v) is 9.31. The van der Waals surface area contributed by atoms with E-state index < -0.39 is 17.3 Å². The first-order chi connectivity index (χ1) is 17.8. The van der Waals surface area contributed by atoms with E-state index in [-0.39, 0.29) is 19.4 Å². The minimum Gasteiger partial charge on any atom is -0.481 e. The molecule has 1 aromatic heterocycles. The van der Waals surface area contributed by atoms with Crippen molar-refractivity contribution in [3.8, 4) is 11.9 Å². The van der Waals surface area contributed by atoms with Crippen molar-refractivity contribution < 1.29 is 22.7 Å². The Balaban J connectivity index is 0.00000400. The Labute approximate surface area is 222 Å². The topological polar surface area (TPSA) is 84.7 Å². The van der Waals surface area contributed by atoms with Crippen molar-refractivity contribution in [1.82, 2.24) is 14.8 Å². The molecular weight excluding hydrogens is 497 g/mol. The van der Waals surface area contributed by atoms with Gasteiger partial charge in [0.05, 0.1) is 36.2 Å². The summed E-state index contributed by atoms with van der Waals surface area (Å²) >= 11 is 0. The van der Waals surface area contributed by atoms with Gasteiger partial charge in [-0.15, -0.1) is 0 Å². The number of ether oxygens (including phenoxy) is 1. The van der Waals surface area contributed by atoms with Gasteiger partial charge in [-0.25, -0.2) is 4.98 Å². The van der Waals surface area contributed by atoms with Gasteiger partial charge in [-0.05, 0) is 37.1 Å². The summed E-state index contributed by atoms with van der Waals surface area (Å²) < 4.78 is 44.8. The Morgan fingerprint density at radius 1 is 1.13 bits per heavy atom. The highest BCUT2D eigenvalue weighted by atomic mass is 19.4. The van der Waals surface area contributed by atoms with Gasteiger partial charge in [0.2, 0.25) is 11.8 Å². The van der Waals surface area contributed by atoms with Crippen molar-refractivity contribution in [2.24, 2.45) is 0 Å². The fraction of sp³-hybridized carbons (Fsp3) is 0.519. The number of nitrogens with one attached hydrogen (secondary N) is 1. The Morgan fingerprint density at radius 3 is 2.42 bits per heavy atom. The molecule has 2 aliphatic rings. The number of halogens is 3. The van der Waals surface area contributed by atoms with Gasteiger partial charge in [0, 0.05) is 70.0 Å². The van der Waals surface area contributed by atoms with Gasteiger partial charge in [-0.3, -0.25) is 9.69 Å². The Hall–Kier alpha value is -3.52. The fourth-order valence-electron chi connectivity index (χ4n) is 4.80. The first-order valence-electron chi connectivity index (χ1n) is 12.4. The van der Waals surface area contributed by atoms with Gasteiger partial charge in [0.1, 0.15) is 0 Å². The molecule has 0 atom stereocenters. The Kier molecular flexibility index (Phi) is 9.80. The van der Waals surface area contributed by atoms with E-state index in [1.54, 1.807) is 13.2 Å². The van der Waals surface area contributed by atoms with E-state index in [4.69, 9.17) is 10.00 Å². The molecule has 2 aromatic rings. The molecule has 2 fully saturated rings. The number of carbonyl (C=O) groups excluding carboxylic acids is 1. The lowest BCUT2D eigenvalue weighted by Gasteiger charge is -2.37.